The number of rotatable bonds is 4. The van der Waals surface area contributed by atoms with E-state index in [9.17, 15) is 4.79 Å². The Hall–Kier alpha value is -1.51. The van der Waals surface area contributed by atoms with Crippen LogP contribution in [0.1, 0.15) is 27.2 Å². The van der Waals surface area contributed by atoms with Crippen molar-refractivity contribution in [1.29, 1.82) is 0 Å². The van der Waals surface area contributed by atoms with E-state index in [0.29, 0.717) is 11.5 Å². The summed E-state index contributed by atoms with van der Waals surface area (Å²) in [6, 6.07) is 7.13. The maximum atomic E-state index is 11.9. The lowest BCUT2D eigenvalue weighted by atomic mass is 9.91. The average Bonchev–Trinajstić information content (AvgIpc) is 2.29. The fourth-order valence-electron chi connectivity index (χ4n) is 1.09. The van der Waals surface area contributed by atoms with Crippen LogP contribution in [0.5, 0.6) is 11.5 Å². The van der Waals surface area contributed by atoms with E-state index in [2.05, 4.69) is 0 Å². The Morgan fingerprint density at radius 2 is 1.81 bits per heavy atom. The molecule has 0 aliphatic heterocycles. The number of ether oxygens (including phenoxy) is 2. The fourth-order valence-corrected chi connectivity index (χ4v) is 1.09. The molecule has 0 unspecified atom stereocenters. The Bertz CT molecular complexity index is 369. The molecule has 0 fully saturated rings. The van der Waals surface area contributed by atoms with Gasteiger partial charge in [-0.25, -0.2) is 0 Å². The molecule has 0 aromatic heterocycles. The molecule has 1 aromatic carbocycles. The van der Waals surface area contributed by atoms with E-state index in [1.165, 1.54) is 0 Å². The van der Waals surface area contributed by atoms with Crippen molar-refractivity contribution < 1.29 is 14.3 Å². The van der Waals surface area contributed by atoms with Crippen LogP contribution in [0, 0.1) is 5.41 Å². The summed E-state index contributed by atoms with van der Waals surface area (Å²) < 4.78 is 10.4. The zero-order chi connectivity index (χ0) is 12.2. The Kier molecular flexibility index (Phi) is 3.93. The molecule has 0 saturated carbocycles. The molecule has 0 aliphatic rings. The number of hydrogen-bond donors (Lipinski definition) is 0. The quantitative estimate of drug-likeness (QED) is 0.580. The van der Waals surface area contributed by atoms with Crippen molar-refractivity contribution in [2.75, 3.05) is 7.11 Å². The molecule has 0 aliphatic carbocycles. The van der Waals surface area contributed by atoms with E-state index in [1.54, 1.807) is 19.2 Å². The molecule has 0 spiro atoms. The predicted molar refractivity (Wildman–Crippen MR) is 62.7 cm³/mol. The number of hydrogen-bond acceptors (Lipinski definition) is 3. The minimum Gasteiger partial charge on any atom is -0.493 e. The standard InChI is InChI=1S/C13H18O3/c1-5-13(2,3)12(14)16-11-9-7-6-8-10(11)15-4/h6-9H,5H2,1-4H3. The topological polar surface area (TPSA) is 35.5 Å². The summed E-state index contributed by atoms with van der Waals surface area (Å²) in [5, 5.41) is 0. The Morgan fingerprint density at radius 1 is 1.25 bits per heavy atom. The Morgan fingerprint density at radius 3 is 2.31 bits per heavy atom. The molecule has 0 heterocycles. The summed E-state index contributed by atoms with van der Waals surface area (Å²) in [7, 11) is 1.55. The second-order valence-corrected chi connectivity index (χ2v) is 4.28. The Balaban J connectivity index is 2.85. The van der Waals surface area contributed by atoms with Gasteiger partial charge in [0.25, 0.3) is 0 Å². The summed E-state index contributed by atoms with van der Waals surface area (Å²) in [6.07, 6.45) is 0.737. The zero-order valence-electron chi connectivity index (χ0n) is 10.2. The molecular weight excluding hydrogens is 204 g/mol. The summed E-state index contributed by atoms with van der Waals surface area (Å²) >= 11 is 0. The van der Waals surface area contributed by atoms with Gasteiger partial charge < -0.3 is 9.47 Å². The first-order valence-electron chi connectivity index (χ1n) is 5.36. The van der Waals surface area contributed by atoms with E-state index in [0.717, 1.165) is 6.42 Å². The molecule has 0 amide bonds. The van der Waals surface area contributed by atoms with Crippen LogP contribution in [-0.2, 0) is 4.79 Å². The van der Waals surface area contributed by atoms with E-state index >= 15 is 0 Å². The van der Waals surface area contributed by atoms with Crippen molar-refractivity contribution >= 4 is 5.97 Å². The van der Waals surface area contributed by atoms with Crippen molar-refractivity contribution in [3.8, 4) is 11.5 Å². The second-order valence-electron chi connectivity index (χ2n) is 4.28. The molecule has 0 radical (unpaired) electrons. The van der Waals surface area contributed by atoms with Crippen molar-refractivity contribution in [2.45, 2.75) is 27.2 Å². The fraction of sp³-hybridized carbons (Fsp3) is 0.462. The first kappa shape index (κ1) is 12.6. The Labute approximate surface area is 96.4 Å². The molecule has 3 nitrogen and oxygen atoms in total. The summed E-state index contributed by atoms with van der Waals surface area (Å²) in [4.78, 5) is 11.9. The third kappa shape index (κ3) is 2.75. The van der Waals surface area contributed by atoms with Crippen LogP contribution in [0.15, 0.2) is 24.3 Å². The molecule has 0 N–H and O–H groups in total. The van der Waals surface area contributed by atoms with Crippen LogP contribution in [0.4, 0.5) is 0 Å². The number of benzene rings is 1. The van der Waals surface area contributed by atoms with Crippen LogP contribution in [0.25, 0.3) is 0 Å². The molecule has 3 heteroatoms. The summed E-state index contributed by atoms with van der Waals surface area (Å²) in [5.74, 6) is 0.804. The highest BCUT2D eigenvalue weighted by Gasteiger charge is 2.28. The van der Waals surface area contributed by atoms with Gasteiger partial charge in [-0.3, -0.25) is 4.79 Å². The summed E-state index contributed by atoms with van der Waals surface area (Å²) in [6.45, 7) is 5.69. The highest BCUT2D eigenvalue weighted by atomic mass is 16.6. The van der Waals surface area contributed by atoms with Gasteiger partial charge in [-0.05, 0) is 32.4 Å². The molecule has 0 saturated heterocycles. The third-order valence-electron chi connectivity index (χ3n) is 2.71. The van der Waals surface area contributed by atoms with E-state index < -0.39 is 5.41 Å². The lowest BCUT2D eigenvalue weighted by Gasteiger charge is -2.20. The lowest BCUT2D eigenvalue weighted by Crippen LogP contribution is -2.28. The minimum absolute atomic E-state index is 0.237. The highest BCUT2D eigenvalue weighted by molar-refractivity contribution is 5.78. The van der Waals surface area contributed by atoms with Crippen LogP contribution in [-0.4, -0.2) is 13.1 Å². The van der Waals surface area contributed by atoms with Crippen molar-refractivity contribution in [3.05, 3.63) is 24.3 Å². The third-order valence-corrected chi connectivity index (χ3v) is 2.71. The monoisotopic (exact) mass is 222 g/mol. The molecule has 16 heavy (non-hydrogen) atoms. The number of methoxy groups -OCH3 is 1. The predicted octanol–water partition coefficient (Wildman–Crippen LogP) is 3.04. The molecular formula is C13H18O3. The van der Waals surface area contributed by atoms with Gasteiger partial charge in [-0.1, -0.05) is 19.1 Å². The zero-order valence-corrected chi connectivity index (χ0v) is 10.2. The van der Waals surface area contributed by atoms with Crippen LogP contribution in [0.2, 0.25) is 0 Å². The van der Waals surface area contributed by atoms with Gasteiger partial charge in [0.05, 0.1) is 12.5 Å². The largest absolute Gasteiger partial charge is 0.493 e. The number of esters is 1. The molecule has 1 rings (SSSR count). The first-order valence-corrected chi connectivity index (χ1v) is 5.36. The van der Waals surface area contributed by atoms with Crippen LogP contribution >= 0.6 is 0 Å². The molecule has 88 valence electrons. The van der Waals surface area contributed by atoms with E-state index in [4.69, 9.17) is 9.47 Å². The normalized spacial score (nSPS) is 11.0. The number of carbonyl (C=O) groups is 1. The lowest BCUT2D eigenvalue weighted by molar-refractivity contribution is -0.144. The van der Waals surface area contributed by atoms with Crippen molar-refractivity contribution in [1.82, 2.24) is 0 Å². The second kappa shape index (κ2) is 5.01. The van der Waals surface area contributed by atoms with E-state index in [-0.39, 0.29) is 5.97 Å². The average molecular weight is 222 g/mol. The smallest absolute Gasteiger partial charge is 0.317 e. The van der Waals surface area contributed by atoms with Crippen LogP contribution < -0.4 is 9.47 Å². The van der Waals surface area contributed by atoms with E-state index in [1.807, 2.05) is 32.9 Å². The molecule has 0 atom stereocenters. The minimum atomic E-state index is -0.471. The van der Waals surface area contributed by atoms with Gasteiger partial charge in [0.15, 0.2) is 11.5 Å². The maximum absolute atomic E-state index is 11.9. The number of carbonyl (C=O) groups excluding carboxylic acids is 1. The molecule has 1 aromatic rings. The van der Waals surface area contributed by atoms with Gasteiger partial charge in [0.2, 0.25) is 0 Å². The SMILES string of the molecule is CCC(C)(C)C(=O)Oc1ccccc1OC. The van der Waals surface area contributed by atoms with Gasteiger partial charge in [0.1, 0.15) is 0 Å². The van der Waals surface area contributed by atoms with Gasteiger partial charge in [-0.15, -0.1) is 0 Å². The highest BCUT2D eigenvalue weighted by Crippen LogP contribution is 2.29. The van der Waals surface area contributed by atoms with Crippen LogP contribution in [0.3, 0.4) is 0 Å². The van der Waals surface area contributed by atoms with Gasteiger partial charge >= 0.3 is 5.97 Å². The van der Waals surface area contributed by atoms with Crippen molar-refractivity contribution in [3.63, 3.8) is 0 Å². The maximum Gasteiger partial charge on any atom is 0.317 e. The first-order chi connectivity index (χ1) is 7.51. The van der Waals surface area contributed by atoms with Gasteiger partial charge in [0, 0.05) is 0 Å². The molecule has 0 bridgehead atoms. The number of para-hydroxylation sites is 2. The van der Waals surface area contributed by atoms with Crippen molar-refractivity contribution in [2.24, 2.45) is 5.41 Å². The van der Waals surface area contributed by atoms with Gasteiger partial charge in [-0.2, -0.15) is 0 Å². The summed E-state index contributed by atoms with van der Waals surface area (Å²) in [5.41, 5.74) is -0.471.